The summed E-state index contributed by atoms with van der Waals surface area (Å²) in [7, 11) is 0. The van der Waals surface area contributed by atoms with E-state index in [-0.39, 0.29) is 20.1 Å². The van der Waals surface area contributed by atoms with Gasteiger partial charge in [0.2, 0.25) is 0 Å². The largest absolute Gasteiger partial charge is 0.501 e. The van der Waals surface area contributed by atoms with Crippen LogP contribution in [0, 0.1) is 32.9 Å². The van der Waals surface area contributed by atoms with Crippen LogP contribution in [-0.2, 0) is 20.1 Å². The summed E-state index contributed by atoms with van der Waals surface area (Å²) in [5.41, 5.74) is 12.8. The first kappa shape index (κ1) is 32.8. The summed E-state index contributed by atoms with van der Waals surface area (Å²) >= 11 is 0. The zero-order valence-corrected chi connectivity index (χ0v) is 30.2. The number of nitrogens with zero attached hydrogens (tertiary/aromatic N) is 4. The van der Waals surface area contributed by atoms with E-state index in [1.54, 1.807) is 6.20 Å². The number of imidazole rings is 1. The van der Waals surface area contributed by atoms with Crippen LogP contribution in [0.15, 0.2) is 144 Å². The third-order valence-electron chi connectivity index (χ3n) is 8.88. The Balaban J connectivity index is 0.000000255. The number of pyridine rings is 2. The fraction of sp³-hybridized carbons (Fsp3) is 0.0682. The van der Waals surface area contributed by atoms with Crippen molar-refractivity contribution >= 4 is 33.0 Å². The van der Waals surface area contributed by atoms with E-state index >= 15 is 0 Å². The first-order valence-corrected chi connectivity index (χ1v) is 16.3. The molecule has 0 N–H and O–H groups in total. The van der Waals surface area contributed by atoms with Gasteiger partial charge in [0.15, 0.2) is 0 Å². The van der Waals surface area contributed by atoms with Gasteiger partial charge in [-0.2, -0.15) is 0 Å². The predicted molar refractivity (Wildman–Crippen MR) is 199 cm³/mol. The molecule has 50 heavy (non-hydrogen) atoms. The molecule has 0 saturated carbocycles. The molecule has 5 aromatic carbocycles. The summed E-state index contributed by atoms with van der Waals surface area (Å²) in [4.78, 5) is 14.3. The molecule has 0 bridgehead atoms. The number of aromatic nitrogens is 4. The van der Waals surface area contributed by atoms with Crippen LogP contribution in [0.1, 0.15) is 17.0 Å². The SMILES string of the molecule is Cc1nc(C)c2c(nc(-c3[c-]ccc4c3oc3cc(-c5ccccc5)ccc34)n2-c2ccccc2)c1C.[Ir].[c-]1ccccc1-c1ccccn1. The fourth-order valence-electron chi connectivity index (χ4n) is 6.36. The van der Waals surface area contributed by atoms with Crippen LogP contribution >= 0.6 is 0 Å². The molecule has 245 valence electrons. The molecule has 0 unspecified atom stereocenters. The molecule has 1 radical (unpaired) electrons. The predicted octanol–water partition coefficient (Wildman–Crippen LogP) is 10.9. The van der Waals surface area contributed by atoms with Crippen LogP contribution in [0.5, 0.6) is 0 Å². The zero-order chi connectivity index (χ0) is 33.3. The summed E-state index contributed by atoms with van der Waals surface area (Å²) in [6, 6.07) is 51.4. The Morgan fingerprint density at radius 2 is 1.40 bits per heavy atom. The molecule has 6 heteroatoms. The Labute approximate surface area is 304 Å². The van der Waals surface area contributed by atoms with Crippen molar-refractivity contribution in [2.24, 2.45) is 0 Å². The topological polar surface area (TPSA) is 56.7 Å². The van der Waals surface area contributed by atoms with E-state index in [0.717, 1.165) is 89.4 Å². The first-order valence-electron chi connectivity index (χ1n) is 16.3. The maximum atomic E-state index is 6.57. The Morgan fingerprint density at radius 3 is 2.14 bits per heavy atom. The van der Waals surface area contributed by atoms with Gasteiger partial charge >= 0.3 is 0 Å². The molecule has 0 saturated heterocycles. The molecular formula is C44H32IrN4O-2. The molecule has 4 aromatic heterocycles. The minimum absolute atomic E-state index is 0. The quantitative estimate of drug-likeness (QED) is 0.166. The Morgan fingerprint density at radius 1 is 0.640 bits per heavy atom. The van der Waals surface area contributed by atoms with Crippen molar-refractivity contribution in [2.75, 3.05) is 0 Å². The number of furan rings is 1. The van der Waals surface area contributed by atoms with Crippen molar-refractivity contribution in [3.8, 4) is 39.5 Å². The third kappa shape index (κ3) is 6.05. The van der Waals surface area contributed by atoms with Gasteiger partial charge in [-0.3, -0.25) is 9.97 Å². The van der Waals surface area contributed by atoms with Crippen molar-refractivity contribution in [1.29, 1.82) is 0 Å². The standard InChI is InChI=1S/C33H24N3O.C11H8N.Ir/c1-20-21(2)34-22(3)31-30(20)35-33(36(31)25-13-8-5-9-14-25)28-16-10-15-27-26-18-17-24(19-29(26)37-32(27)28)23-11-6-4-7-12-23;1-2-6-10(7-3-1)11-8-4-5-9-12-11;/h4-15,17-19H,1-3H3;1-6,8-9H;/q2*-1;. The van der Waals surface area contributed by atoms with Gasteiger partial charge in [-0.05, 0) is 67.4 Å². The van der Waals surface area contributed by atoms with Gasteiger partial charge in [-0.1, -0.05) is 83.7 Å². The van der Waals surface area contributed by atoms with Gasteiger partial charge in [-0.15, -0.1) is 54.1 Å². The number of benzene rings is 5. The summed E-state index contributed by atoms with van der Waals surface area (Å²) in [6.07, 6.45) is 1.79. The average molecular weight is 825 g/mol. The van der Waals surface area contributed by atoms with E-state index in [1.165, 1.54) is 0 Å². The van der Waals surface area contributed by atoms with Gasteiger partial charge in [0.25, 0.3) is 0 Å². The zero-order valence-electron chi connectivity index (χ0n) is 27.8. The van der Waals surface area contributed by atoms with Crippen LogP contribution < -0.4 is 0 Å². The smallest absolute Gasteiger partial charge is 0.121 e. The summed E-state index contributed by atoms with van der Waals surface area (Å²) in [5, 5.41) is 2.13. The molecule has 0 aliphatic rings. The summed E-state index contributed by atoms with van der Waals surface area (Å²) in [6.45, 7) is 6.18. The maximum absolute atomic E-state index is 6.57. The van der Waals surface area contributed by atoms with Gasteiger partial charge in [-0.25, -0.2) is 0 Å². The molecule has 9 aromatic rings. The van der Waals surface area contributed by atoms with Crippen LogP contribution in [0.4, 0.5) is 0 Å². The minimum Gasteiger partial charge on any atom is -0.501 e. The Bertz CT molecular complexity index is 2520. The normalized spacial score (nSPS) is 10.9. The van der Waals surface area contributed by atoms with E-state index in [1.807, 2.05) is 79.7 Å². The maximum Gasteiger partial charge on any atom is 0.121 e. The number of aryl methyl sites for hydroxylation is 3. The number of para-hydroxylation sites is 1. The van der Waals surface area contributed by atoms with Crippen molar-refractivity contribution in [1.82, 2.24) is 19.5 Å². The molecule has 9 rings (SSSR count). The number of hydrogen-bond acceptors (Lipinski definition) is 4. The molecule has 0 atom stereocenters. The molecular weight excluding hydrogens is 793 g/mol. The summed E-state index contributed by atoms with van der Waals surface area (Å²) < 4.78 is 8.76. The van der Waals surface area contributed by atoms with Crippen LogP contribution in [0.2, 0.25) is 0 Å². The average Bonchev–Trinajstić information content (AvgIpc) is 3.75. The molecule has 4 heterocycles. The van der Waals surface area contributed by atoms with Gasteiger partial charge < -0.3 is 14.0 Å². The number of hydrogen-bond donors (Lipinski definition) is 0. The molecule has 0 fully saturated rings. The molecule has 0 amide bonds. The van der Waals surface area contributed by atoms with E-state index in [0.29, 0.717) is 0 Å². The summed E-state index contributed by atoms with van der Waals surface area (Å²) in [5.74, 6) is 0.799. The minimum atomic E-state index is 0. The van der Waals surface area contributed by atoms with E-state index < -0.39 is 0 Å². The molecule has 5 nitrogen and oxygen atoms in total. The van der Waals surface area contributed by atoms with Crippen LogP contribution in [0.25, 0.3) is 72.4 Å². The molecule has 0 spiro atoms. The fourth-order valence-corrected chi connectivity index (χ4v) is 6.36. The van der Waals surface area contributed by atoms with Crippen LogP contribution in [0.3, 0.4) is 0 Å². The molecule has 0 aliphatic heterocycles. The van der Waals surface area contributed by atoms with Crippen molar-refractivity contribution in [2.45, 2.75) is 20.8 Å². The van der Waals surface area contributed by atoms with E-state index in [2.05, 4.69) is 96.2 Å². The second-order valence-electron chi connectivity index (χ2n) is 12.0. The Kier molecular flexibility index (Phi) is 9.23. The number of rotatable bonds is 4. The van der Waals surface area contributed by atoms with Crippen molar-refractivity contribution < 1.29 is 24.5 Å². The van der Waals surface area contributed by atoms with Crippen LogP contribution in [-0.4, -0.2) is 19.5 Å². The van der Waals surface area contributed by atoms with E-state index in [9.17, 15) is 0 Å². The molecule has 0 aliphatic carbocycles. The Hall–Kier alpha value is -5.68. The van der Waals surface area contributed by atoms with Gasteiger partial charge in [0, 0.05) is 43.1 Å². The number of fused-ring (bicyclic) bond motifs is 4. The first-order chi connectivity index (χ1) is 24.1. The second-order valence-corrected chi connectivity index (χ2v) is 12.0. The van der Waals surface area contributed by atoms with Gasteiger partial charge in [0.1, 0.15) is 5.58 Å². The second kappa shape index (κ2) is 14.0. The van der Waals surface area contributed by atoms with Gasteiger partial charge in [0.05, 0.1) is 28.1 Å². The van der Waals surface area contributed by atoms with E-state index in [4.69, 9.17) is 14.4 Å². The van der Waals surface area contributed by atoms with Crippen molar-refractivity contribution in [3.05, 3.63) is 169 Å². The van der Waals surface area contributed by atoms with Crippen molar-refractivity contribution in [3.63, 3.8) is 0 Å². The third-order valence-corrected chi connectivity index (χ3v) is 8.88. The monoisotopic (exact) mass is 825 g/mol.